The topological polar surface area (TPSA) is 70.5 Å². The molecule has 0 spiro atoms. The highest BCUT2D eigenvalue weighted by Crippen LogP contribution is 2.16. The van der Waals surface area contributed by atoms with Gasteiger partial charge in [0.2, 0.25) is 5.91 Å². The quantitative estimate of drug-likeness (QED) is 0.746. The first-order valence-electron chi connectivity index (χ1n) is 6.68. The van der Waals surface area contributed by atoms with Crippen molar-refractivity contribution in [3.8, 4) is 0 Å². The summed E-state index contributed by atoms with van der Waals surface area (Å²) >= 11 is 1.33. The lowest BCUT2D eigenvalue weighted by Crippen LogP contribution is -2.33. The van der Waals surface area contributed by atoms with Crippen LogP contribution in [0.15, 0.2) is 23.4 Å². The van der Waals surface area contributed by atoms with Crippen LogP contribution in [-0.2, 0) is 4.79 Å². The Hall–Kier alpha value is -1.56. The third-order valence-corrected chi connectivity index (χ3v) is 3.60. The molecule has 20 heavy (non-hydrogen) atoms. The highest BCUT2D eigenvalue weighted by Gasteiger charge is 2.12. The summed E-state index contributed by atoms with van der Waals surface area (Å²) in [4.78, 5) is 28.7. The molecule has 0 bridgehead atoms. The summed E-state index contributed by atoms with van der Waals surface area (Å²) < 4.78 is 0. The predicted molar refractivity (Wildman–Crippen MR) is 79.1 cm³/mol. The van der Waals surface area contributed by atoms with E-state index >= 15 is 0 Å². The van der Waals surface area contributed by atoms with Crippen LogP contribution in [0.4, 0.5) is 0 Å². The van der Waals surface area contributed by atoms with Gasteiger partial charge in [0.25, 0.3) is 0 Å². The van der Waals surface area contributed by atoms with Crippen molar-refractivity contribution >= 4 is 23.6 Å². The van der Waals surface area contributed by atoms with Crippen molar-refractivity contribution in [2.24, 2.45) is 0 Å². The maximum absolute atomic E-state index is 12.1. The van der Waals surface area contributed by atoms with Crippen LogP contribution >= 0.6 is 11.8 Å². The van der Waals surface area contributed by atoms with Crippen LogP contribution < -0.4 is 0 Å². The molecule has 0 atom stereocenters. The molecule has 1 aromatic rings. The molecule has 1 amide bonds. The first-order chi connectivity index (χ1) is 9.58. The summed E-state index contributed by atoms with van der Waals surface area (Å²) in [5.41, 5.74) is 0.152. The molecule has 1 rings (SSSR count). The van der Waals surface area contributed by atoms with Gasteiger partial charge in [-0.2, -0.15) is 0 Å². The monoisotopic (exact) mass is 296 g/mol. The number of aromatic nitrogens is 1. The van der Waals surface area contributed by atoms with Gasteiger partial charge in [0.1, 0.15) is 0 Å². The summed E-state index contributed by atoms with van der Waals surface area (Å²) in [5, 5.41) is 9.44. The minimum atomic E-state index is -0.998. The van der Waals surface area contributed by atoms with Crippen molar-refractivity contribution in [3.63, 3.8) is 0 Å². The fraction of sp³-hybridized carbons (Fsp3) is 0.500. The summed E-state index contributed by atoms with van der Waals surface area (Å²) in [6.07, 6.45) is 3.20. The minimum absolute atomic E-state index is 0.0998. The fourth-order valence-electron chi connectivity index (χ4n) is 1.72. The molecule has 0 aliphatic carbocycles. The average molecular weight is 296 g/mol. The van der Waals surface area contributed by atoms with E-state index in [0.29, 0.717) is 10.8 Å². The summed E-state index contributed by atoms with van der Waals surface area (Å²) in [5.74, 6) is -0.565. The normalized spacial score (nSPS) is 10.3. The van der Waals surface area contributed by atoms with Gasteiger partial charge in [0.05, 0.1) is 16.3 Å². The Bertz CT molecular complexity index is 442. The second kappa shape index (κ2) is 8.58. The molecule has 6 heteroatoms. The summed E-state index contributed by atoms with van der Waals surface area (Å²) in [6, 6.07) is 3.13. The van der Waals surface area contributed by atoms with Gasteiger partial charge in [-0.1, -0.05) is 25.6 Å². The number of hydrogen-bond acceptors (Lipinski definition) is 4. The van der Waals surface area contributed by atoms with Crippen molar-refractivity contribution in [1.82, 2.24) is 9.88 Å². The number of hydrogen-bond donors (Lipinski definition) is 1. The molecule has 0 aliphatic heterocycles. The van der Waals surface area contributed by atoms with Crippen LogP contribution in [0.1, 0.15) is 37.0 Å². The Kier molecular flexibility index (Phi) is 7.08. The number of carboxylic acid groups (broad SMARTS) is 1. The third-order valence-electron chi connectivity index (χ3n) is 2.67. The summed E-state index contributed by atoms with van der Waals surface area (Å²) in [6.45, 7) is 5.65. The molecule has 0 fully saturated rings. The Balaban J connectivity index is 2.52. The largest absolute Gasteiger partial charge is 0.478 e. The van der Waals surface area contributed by atoms with Crippen molar-refractivity contribution in [2.75, 3.05) is 18.8 Å². The molecule has 1 aromatic heterocycles. The van der Waals surface area contributed by atoms with E-state index in [4.69, 9.17) is 5.11 Å². The van der Waals surface area contributed by atoms with Crippen molar-refractivity contribution in [2.45, 2.75) is 31.7 Å². The molecule has 0 radical (unpaired) electrons. The van der Waals surface area contributed by atoms with E-state index in [1.165, 1.54) is 24.0 Å². The predicted octanol–water partition coefficient (Wildman–Crippen LogP) is 2.52. The summed E-state index contributed by atoms with van der Waals surface area (Å²) in [7, 11) is 0. The van der Waals surface area contributed by atoms with E-state index in [1.807, 2.05) is 4.90 Å². The van der Waals surface area contributed by atoms with E-state index in [2.05, 4.69) is 18.8 Å². The van der Waals surface area contributed by atoms with E-state index in [9.17, 15) is 9.59 Å². The van der Waals surface area contributed by atoms with Crippen molar-refractivity contribution in [3.05, 3.63) is 23.9 Å². The van der Waals surface area contributed by atoms with E-state index in [0.717, 1.165) is 25.9 Å². The zero-order valence-corrected chi connectivity index (χ0v) is 12.7. The van der Waals surface area contributed by atoms with Crippen LogP contribution in [0.25, 0.3) is 0 Å². The highest BCUT2D eigenvalue weighted by molar-refractivity contribution is 7.99. The lowest BCUT2D eigenvalue weighted by Gasteiger charge is -2.21. The second-order valence-electron chi connectivity index (χ2n) is 4.36. The molecule has 5 nitrogen and oxygen atoms in total. The number of carbonyl (C=O) groups excluding carboxylic acids is 1. The fourth-order valence-corrected chi connectivity index (χ4v) is 2.47. The maximum atomic E-state index is 12.1. The smallest absolute Gasteiger partial charge is 0.337 e. The molecule has 1 N–H and O–H groups in total. The van der Waals surface area contributed by atoms with Crippen LogP contribution in [0.3, 0.4) is 0 Å². The third kappa shape index (κ3) is 5.21. The van der Waals surface area contributed by atoms with Gasteiger partial charge < -0.3 is 10.0 Å². The second-order valence-corrected chi connectivity index (χ2v) is 5.36. The van der Waals surface area contributed by atoms with Gasteiger partial charge in [-0.15, -0.1) is 0 Å². The van der Waals surface area contributed by atoms with Crippen LogP contribution in [-0.4, -0.2) is 45.7 Å². The Labute approximate surface area is 123 Å². The SMILES string of the molecule is CCCN(CCC)C(=O)CSc1ccc(C(=O)O)cn1. The van der Waals surface area contributed by atoms with Gasteiger partial charge in [0.15, 0.2) is 0 Å². The van der Waals surface area contributed by atoms with E-state index in [1.54, 1.807) is 6.07 Å². The van der Waals surface area contributed by atoms with E-state index < -0.39 is 5.97 Å². The number of amides is 1. The lowest BCUT2D eigenvalue weighted by molar-refractivity contribution is -0.128. The Morgan fingerprint density at radius 2 is 1.90 bits per heavy atom. The van der Waals surface area contributed by atoms with Crippen molar-refractivity contribution in [1.29, 1.82) is 0 Å². The average Bonchev–Trinajstić information content (AvgIpc) is 2.45. The molecule has 0 saturated carbocycles. The zero-order valence-electron chi connectivity index (χ0n) is 11.8. The standard InChI is InChI=1S/C14H20N2O3S/c1-3-7-16(8-4-2)13(17)10-20-12-6-5-11(9-15-12)14(18)19/h5-6,9H,3-4,7-8,10H2,1-2H3,(H,18,19). The molecule has 1 heterocycles. The number of carbonyl (C=O) groups is 2. The number of rotatable bonds is 8. The molecule has 0 unspecified atom stereocenters. The highest BCUT2D eigenvalue weighted by atomic mass is 32.2. The van der Waals surface area contributed by atoms with Gasteiger partial charge in [-0.05, 0) is 25.0 Å². The minimum Gasteiger partial charge on any atom is -0.478 e. The number of carboxylic acids is 1. The lowest BCUT2D eigenvalue weighted by atomic mass is 10.3. The Morgan fingerprint density at radius 1 is 1.25 bits per heavy atom. The van der Waals surface area contributed by atoms with Gasteiger partial charge in [-0.25, -0.2) is 9.78 Å². The van der Waals surface area contributed by atoms with Gasteiger partial charge >= 0.3 is 5.97 Å². The van der Waals surface area contributed by atoms with Crippen LogP contribution in [0.5, 0.6) is 0 Å². The van der Waals surface area contributed by atoms with Crippen LogP contribution in [0.2, 0.25) is 0 Å². The molecular weight excluding hydrogens is 276 g/mol. The van der Waals surface area contributed by atoms with Crippen molar-refractivity contribution < 1.29 is 14.7 Å². The molecule has 0 saturated heterocycles. The van der Waals surface area contributed by atoms with Gasteiger partial charge in [-0.3, -0.25) is 4.79 Å². The zero-order chi connectivity index (χ0) is 15.0. The van der Waals surface area contributed by atoms with Crippen LogP contribution in [0, 0.1) is 0 Å². The first kappa shape index (κ1) is 16.5. The first-order valence-corrected chi connectivity index (χ1v) is 7.67. The molecular formula is C14H20N2O3S. The van der Waals surface area contributed by atoms with Gasteiger partial charge in [0, 0.05) is 19.3 Å². The number of nitrogens with zero attached hydrogens (tertiary/aromatic N) is 2. The number of aromatic carboxylic acids is 1. The van der Waals surface area contributed by atoms with E-state index in [-0.39, 0.29) is 11.5 Å². The molecule has 0 aromatic carbocycles. The maximum Gasteiger partial charge on any atom is 0.337 e. The number of pyridine rings is 1. The number of thioether (sulfide) groups is 1. The Morgan fingerprint density at radius 3 is 2.35 bits per heavy atom. The molecule has 0 aliphatic rings. The molecule has 110 valence electrons.